The molecule has 0 saturated heterocycles. The lowest BCUT2D eigenvalue weighted by atomic mass is 10.2. The quantitative estimate of drug-likeness (QED) is 0.508. The van der Waals surface area contributed by atoms with E-state index in [1.165, 1.54) is 0 Å². The van der Waals surface area contributed by atoms with Crippen molar-refractivity contribution in [2.45, 2.75) is 6.54 Å². The van der Waals surface area contributed by atoms with Crippen LogP contribution in [0.3, 0.4) is 0 Å². The summed E-state index contributed by atoms with van der Waals surface area (Å²) < 4.78 is 1.77. The number of imidazole rings is 2. The minimum Gasteiger partial charge on any atom is -0.346 e. The smallest absolute Gasteiger partial charge is 0.325 e. The first kappa shape index (κ1) is 14.8. The molecule has 4 aromatic heterocycles. The van der Waals surface area contributed by atoms with E-state index in [1.54, 1.807) is 47.7 Å². The molecule has 25 heavy (non-hydrogen) atoms. The number of rotatable bonds is 4. The van der Waals surface area contributed by atoms with Crippen molar-refractivity contribution in [3.8, 4) is 5.82 Å². The Balaban J connectivity index is 1.55. The number of amides is 1. The van der Waals surface area contributed by atoms with E-state index >= 15 is 0 Å². The highest BCUT2D eigenvalue weighted by molar-refractivity contribution is 5.93. The van der Waals surface area contributed by atoms with Crippen LogP contribution in [0.2, 0.25) is 0 Å². The van der Waals surface area contributed by atoms with E-state index in [2.05, 4.69) is 30.2 Å². The molecule has 0 atom stereocenters. The molecule has 0 radical (unpaired) electrons. The Bertz CT molecular complexity index is 1100. The van der Waals surface area contributed by atoms with Crippen molar-refractivity contribution in [1.82, 2.24) is 34.8 Å². The Labute approximate surface area is 140 Å². The number of carbonyl (C=O) groups is 1. The standard InChI is InChI=1S/C16H13N7O2/c24-15(12-4-3-11-13(20-12)22-16(25)21-11)19-8-10-2-1-5-18-14(10)23-7-6-17-9-23/h1-7,9H,8H2,(H,19,24)(H2,20,21,22,25). The molecule has 0 aromatic carbocycles. The molecule has 1 amide bonds. The van der Waals surface area contributed by atoms with Gasteiger partial charge in [0.05, 0.1) is 5.52 Å². The van der Waals surface area contributed by atoms with Crippen LogP contribution in [0.4, 0.5) is 0 Å². The van der Waals surface area contributed by atoms with Crippen LogP contribution in [0.1, 0.15) is 16.1 Å². The summed E-state index contributed by atoms with van der Waals surface area (Å²) in [5.74, 6) is 0.350. The van der Waals surface area contributed by atoms with Crippen LogP contribution in [-0.2, 0) is 6.54 Å². The number of H-pyrrole nitrogens is 2. The highest BCUT2D eigenvalue weighted by atomic mass is 16.2. The molecule has 0 saturated carbocycles. The Hall–Kier alpha value is -3.75. The van der Waals surface area contributed by atoms with Crippen molar-refractivity contribution in [2.75, 3.05) is 0 Å². The summed E-state index contributed by atoms with van der Waals surface area (Å²) in [5.41, 5.74) is 1.59. The zero-order valence-corrected chi connectivity index (χ0v) is 12.9. The molecule has 3 N–H and O–H groups in total. The molecule has 124 valence electrons. The number of hydrogen-bond acceptors (Lipinski definition) is 5. The molecule has 4 aromatic rings. The second kappa shape index (κ2) is 6.04. The second-order valence-electron chi connectivity index (χ2n) is 5.31. The van der Waals surface area contributed by atoms with Gasteiger partial charge in [-0.3, -0.25) is 14.3 Å². The number of hydrogen-bond donors (Lipinski definition) is 3. The van der Waals surface area contributed by atoms with Crippen LogP contribution in [0.25, 0.3) is 17.0 Å². The molecular formula is C16H13N7O2. The number of fused-ring (bicyclic) bond motifs is 1. The molecule has 9 nitrogen and oxygen atoms in total. The normalized spacial score (nSPS) is 10.9. The number of nitrogens with zero attached hydrogens (tertiary/aromatic N) is 4. The zero-order valence-electron chi connectivity index (χ0n) is 12.9. The lowest BCUT2D eigenvalue weighted by molar-refractivity contribution is 0.0946. The Morgan fingerprint density at radius 2 is 2.12 bits per heavy atom. The molecule has 4 heterocycles. The number of pyridine rings is 2. The summed E-state index contributed by atoms with van der Waals surface area (Å²) in [6, 6.07) is 6.87. The van der Waals surface area contributed by atoms with Crippen molar-refractivity contribution < 1.29 is 4.79 Å². The fourth-order valence-corrected chi connectivity index (χ4v) is 2.49. The maximum atomic E-state index is 12.4. The van der Waals surface area contributed by atoms with E-state index in [0.717, 1.165) is 5.56 Å². The topological polar surface area (TPSA) is 121 Å². The van der Waals surface area contributed by atoms with Gasteiger partial charge in [0.25, 0.3) is 5.91 Å². The fraction of sp³-hybridized carbons (Fsp3) is 0.0625. The number of nitrogens with one attached hydrogen (secondary N) is 3. The van der Waals surface area contributed by atoms with Crippen molar-refractivity contribution in [3.05, 3.63) is 70.9 Å². The van der Waals surface area contributed by atoms with E-state index in [1.807, 2.05) is 6.07 Å². The summed E-state index contributed by atoms with van der Waals surface area (Å²) in [5, 5.41) is 2.81. The lowest BCUT2D eigenvalue weighted by Gasteiger charge is -2.10. The number of carbonyl (C=O) groups excluding carboxylic acids is 1. The maximum Gasteiger partial charge on any atom is 0.325 e. The Morgan fingerprint density at radius 1 is 1.20 bits per heavy atom. The first-order chi connectivity index (χ1) is 12.2. The summed E-state index contributed by atoms with van der Waals surface area (Å²) in [7, 11) is 0. The molecule has 0 unspecified atom stereocenters. The van der Waals surface area contributed by atoms with E-state index in [9.17, 15) is 9.59 Å². The van der Waals surface area contributed by atoms with Gasteiger partial charge in [-0.15, -0.1) is 0 Å². The zero-order chi connectivity index (χ0) is 17.2. The summed E-state index contributed by atoms with van der Waals surface area (Å²) in [6.07, 6.45) is 6.77. The van der Waals surface area contributed by atoms with Crippen LogP contribution in [0.5, 0.6) is 0 Å². The third kappa shape index (κ3) is 2.90. The van der Waals surface area contributed by atoms with Gasteiger partial charge in [0.1, 0.15) is 17.8 Å². The van der Waals surface area contributed by atoms with Gasteiger partial charge in [0.2, 0.25) is 0 Å². The third-order valence-corrected chi connectivity index (χ3v) is 3.66. The second-order valence-corrected chi connectivity index (χ2v) is 5.31. The predicted octanol–water partition coefficient (Wildman–Crippen LogP) is 0.762. The minimum atomic E-state index is -0.361. The maximum absolute atomic E-state index is 12.4. The molecule has 0 spiro atoms. The molecule has 0 aliphatic rings. The van der Waals surface area contributed by atoms with E-state index < -0.39 is 0 Å². The number of aromatic nitrogens is 6. The number of aromatic amines is 2. The monoisotopic (exact) mass is 335 g/mol. The summed E-state index contributed by atoms with van der Waals surface area (Å²) in [4.78, 5) is 41.2. The van der Waals surface area contributed by atoms with Crippen molar-refractivity contribution in [3.63, 3.8) is 0 Å². The van der Waals surface area contributed by atoms with Gasteiger partial charge in [0, 0.05) is 30.7 Å². The van der Waals surface area contributed by atoms with Crippen molar-refractivity contribution in [2.24, 2.45) is 0 Å². The summed E-state index contributed by atoms with van der Waals surface area (Å²) >= 11 is 0. The third-order valence-electron chi connectivity index (χ3n) is 3.66. The SMILES string of the molecule is O=C(NCc1cccnc1-n1ccnc1)c1ccc2[nH]c(=O)[nH]c2n1. The fourth-order valence-electron chi connectivity index (χ4n) is 2.49. The van der Waals surface area contributed by atoms with Crippen LogP contribution >= 0.6 is 0 Å². The van der Waals surface area contributed by atoms with E-state index in [-0.39, 0.29) is 23.8 Å². The van der Waals surface area contributed by atoms with Crippen LogP contribution in [0.15, 0.2) is 54.0 Å². The van der Waals surface area contributed by atoms with E-state index in [0.29, 0.717) is 17.0 Å². The van der Waals surface area contributed by atoms with Gasteiger partial charge in [-0.25, -0.2) is 19.7 Å². The summed E-state index contributed by atoms with van der Waals surface area (Å²) in [6.45, 7) is 0.281. The largest absolute Gasteiger partial charge is 0.346 e. The van der Waals surface area contributed by atoms with Gasteiger partial charge in [0.15, 0.2) is 5.65 Å². The molecule has 0 aliphatic carbocycles. The van der Waals surface area contributed by atoms with Crippen molar-refractivity contribution in [1.29, 1.82) is 0 Å². The van der Waals surface area contributed by atoms with Gasteiger partial charge in [-0.05, 0) is 18.2 Å². The molecular weight excluding hydrogens is 322 g/mol. The first-order valence-corrected chi connectivity index (χ1v) is 7.50. The Kier molecular flexibility index (Phi) is 3.58. The molecule has 0 aliphatic heterocycles. The average molecular weight is 335 g/mol. The van der Waals surface area contributed by atoms with Crippen LogP contribution < -0.4 is 11.0 Å². The highest BCUT2D eigenvalue weighted by Gasteiger charge is 2.11. The Morgan fingerprint density at radius 3 is 2.96 bits per heavy atom. The van der Waals surface area contributed by atoms with Crippen LogP contribution in [-0.4, -0.2) is 35.4 Å². The minimum absolute atomic E-state index is 0.218. The lowest BCUT2D eigenvalue weighted by Crippen LogP contribution is -2.24. The van der Waals surface area contributed by atoms with Crippen molar-refractivity contribution >= 4 is 17.1 Å². The average Bonchev–Trinajstić information content (AvgIpc) is 3.27. The molecule has 9 heteroatoms. The van der Waals surface area contributed by atoms with Crippen LogP contribution in [0, 0.1) is 0 Å². The van der Waals surface area contributed by atoms with Gasteiger partial charge in [-0.1, -0.05) is 6.07 Å². The molecule has 4 rings (SSSR count). The van der Waals surface area contributed by atoms with Gasteiger partial charge >= 0.3 is 5.69 Å². The molecule has 0 fully saturated rings. The highest BCUT2D eigenvalue weighted by Crippen LogP contribution is 2.11. The predicted molar refractivity (Wildman–Crippen MR) is 89.2 cm³/mol. The van der Waals surface area contributed by atoms with Gasteiger partial charge in [-0.2, -0.15) is 0 Å². The van der Waals surface area contributed by atoms with Gasteiger partial charge < -0.3 is 10.3 Å². The first-order valence-electron chi connectivity index (χ1n) is 7.50. The molecule has 0 bridgehead atoms. The van der Waals surface area contributed by atoms with E-state index in [4.69, 9.17) is 0 Å².